The summed E-state index contributed by atoms with van der Waals surface area (Å²) in [6, 6.07) is 4.26. The molecule has 81 heavy (non-hydrogen) atoms. The Balaban J connectivity index is 0.000000476. The lowest BCUT2D eigenvalue weighted by Gasteiger charge is -2.12. The maximum absolute atomic E-state index is 10.9. The summed E-state index contributed by atoms with van der Waals surface area (Å²) < 4.78 is 0. The van der Waals surface area contributed by atoms with Gasteiger partial charge < -0.3 is 16.4 Å². The summed E-state index contributed by atoms with van der Waals surface area (Å²) >= 11 is 0. The van der Waals surface area contributed by atoms with Gasteiger partial charge in [-0.1, -0.05) is 96.9 Å². The lowest BCUT2D eigenvalue weighted by atomic mass is 10.2. The number of anilines is 3. The van der Waals surface area contributed by atoms with Crippen molar-refractivity contribution >= 4 is 23.4 Å². The molecule has 0 aliphatic heterocycles. The van der Waals surface area contributed by atoms with E-state index in [4.69, 9.17) is 16.3 Å². The smallest absolute Gasteiger partial charge is 0.222 e. The molecule has 0 fully saturated rings. The Labute approximate surface area is 482 Å². The van der Waals surface area contributed by atoms with Gasteiger partial charge in [-0.3, -0.25) is 4.79 Å². The van der Waals surface area contributed by atoms with Crippen LogP contribution in [0, 0.1) is 57.3 Å². The highest BCUT2D eigenvalue weighted by Gasteiger charge is 2.12. The summed E-state index contributed by atoms with van der Waals surface area (Å²) in [5.41, 5.74) is 11.8. The third-order valence-corrected chi connectivity index (χ3v) is 10.4. The molecule has 0 aliphatic rings. The molecule has 4 N–H and O–H groups in total. The summed E-state index contributed by atoms with van der Waals surface area (Å²) in [5.74, 6) is 9.62. The normalized spacial score (nSPS) is 10.3. The van der Waals surface area contributed by atoms with Gasteiger partial charge in [0.1, 0.15) is 75.7 Å². The van der Waals surface area contributed by atoms with Crippen LogP contribution in [0.2, 0.25) is 0 Å². The number of hydrogen-bond donors (Lipinski definition) is 3. The monoisotopic (exact) mass is 1100 g/mol. The van der Waals surface area contributed by atoms with Gasteiger partial charge >= 0.3 is 0 Å². The van der Waals surface area contributed by atoms with Gasteiger partial charge in [0.25, 0.3) is 0 Å². The Morgan fingerprint density at radius 1 is 0.395 bits per heavy atom. The van der Waals surface area contributed by atoms with Crippen molar-refractivity contribution in [1.82, 2.24) is 69.8 Å². The zero-order valence-corrected chi connectivity index (χ0v) is 52.1. The third-order valence-electron chi connectivity index (χ3n) is 10.4. The number of nitrogens with one attached hydrogen (secondary N) is 2. The summed E-state index contributed by atoms with van der Waals surface area (Å²) in [7, 11) is 0. The number of rotatable bonds is 10. The van der Waals surface area contributed by atoms with E-state index in [2.05, 4.69) is 142 Å². The molecule has 7 rings (SSSR count). The van der Waals surface area contributed by atoms with Crippen molar-refractivity contribution in [3.63, 3.8) is 0 Å². The van der Waals surface area contributed by atoms with Crippen LogP contribution in [0.15, 0.2) is 68.2 Å². The Hall–Kier alpha value is -8.39. The molecule has 0 atom stereocenters. The van der Waals surface area contributed by atoms with Gasteiger partial charge in [-0.15, -0.1) is 0 Å². The average Bonchev–Trinajstić information content (AvgIpc) is 3.42. The van der Waals surface area contributed by atoms with E-state index in [0.29, 0.717) is 52.6 Å². The number of carbonyl (C=O) groups is 1. The van der Waals surface area contributed by atoms with E-state index in [-0.39, 0.29) is 35.2 Å². The molecule has 7 aromatic heterocycles. The number of carbonyl (C=O) groups excluding carboxylic acids is 1. The van der Waals surface area contributed by atoms with Crippen molar-refractivity contribution in [2.75, 3.05) is 16.4 Å². The summed E-state index contributed by atoms with van der Waals surface area (Å²) in [5, 5.41) is 23.3. The lowest BCUT2D eigenvalue weighted by Crippen LogP contribution is -2.14. The van der Waals surface area contributed by atoms with E-state index in [0.717, 1.165) is 62.8 Å². The maximum Gasteiger partial charge on any atom is 0.222 e. The van der Waals surface area contributed by atoms with Crippen LogP contribution in [0.1, 0.15) is 239 Å². The quantitative estimate of drug-likeness (QED) is 0.115. The largest absolute Gasteiger partial charge is 0.383 e. The van der Waals surface area contributed by atoms with Crippen LogP contribution in [0.25, 0.3) is 0 Å². The molecule has 0 saturated heterocycles. The van der Waals surface area contributed by atoms with Crippen LogP contribution in [0.4, 0.5) is 17.5 Å². The molecule has 20 heteroatoms. The van der Waals surface area contributed by atoms with Crippen molar-refractivity contribution in [2.24, 2.45) is 0 Å². The third kappa shape index (κ3) is 28.4. The van der Waals surface area contributed by atoms with Gasteiger partial charge in [0, 0.05) is 116 Å². The first-order valence-electron chi connectivity index (χ1n) is 27.3. The minimum atomic E-state index is -0.250. The fourth-order valence-corrected chi connectivity index (χ4v) is 5.71. The number of nitrogens with two attached hydrogens (primary N) is 1. The SMILES string of the molecule is CC(=O)Nc1nc(C(C)C)ncc1C#N.CC(C)Nc1nc(C(C)C)ncc1C#N.Cc1cnc(C(C)C)nc1.Cc1cnc(C(C)C)nc1.Cc1cnc(C(C)C)nc1.Cc1cnc(C(C)C)nc1.Cc1cnc(C(C)C)nc1N. The Morgan fingerprint density at radius 3 is 0.889 bits per heavy atom. The molecule has 0 saturated carbocycles. The molecule has 0 unspecified atom stereocenters. The number of hydrogen-bond acceptors (Lipinski definition) is 19. The number of aromatic nitrogens is 14. The second-order valence-corrected chi connectivity index (χ2v) is 21.5. The highest BCUT2D eigenvalue weighted by atomic mass is 16.1. The molecule has 0 radical (unpaired) electrons. The van der Waals surface area contributed by atoms with Crippen molar-refractivity contribution < 1.29 is 4.79 Å². The highest BCUT2D eigenvalue weighted by Crippen LogP contribution is 2.18. The number of aryl methyl sites for hydroxylation is 5. The predicted octanol–water partition coefficient (Wildman–Crippen LogP) is 12.8. The minimum absolute atomic E-state index is 0.158. The topological polar surface area (TPSA) is 295 Å². The van der Waals surface area contributed by atoms with Crippen LogP contribution in [-0.4, -0.2) is 81.7 Å². The molecule has 1 amide bonds. The predicted molar refractivity (Wildman–Crippen MR) is 323 cm³/mol. The Kier molecular flexibility index (Phi) is 32.0. The first-order chi connectivity index (χ1) is 38.0. The molecule has 7 heterocycles. The van der Waals surface area contributed by atoms with Crippen LogP contribution in [0.5, 0.6) is 0 Å². The molecule has 7 aromatic rings. The molecule has 434 valence electrons. The Morgan fingerprint density at radius 2 is 0.642 bits per heavy atom. The zero-order chi connectivity index (χ0) is 61.5. The maximum atomic E-state index is 10.9. The van der Waals surface area contributed by atoms with Gasteiger partial charge in [-0.2, -0.15) is 10.5 Å². The number of nitriles is 2. The standard InChI is InChI=1S/C11H16N4.C10H12N4O.C8H13N3.4C8H12N2/c1-7(2)10-13-6-9(5-12)11(15-10)14-8(3)4;1-6(2)9-12-5-8(4-11)10(14-9)13-7(3)15;1-5(2)8-10-4-6(3)7(9)11-8;4*1-6(2)8-9-4-7(3)5-10-8/h6-8H,1-4H3,(H,13,14,15);5-6H,1-3H3,(H,12,13,14,15);4-5H,1-3H3,(H2,9,10,11);4*4-6H,1-3H3. The first-order valence-corrected chi connectivity index (χ1v) is 27.3. The summed E-state index contributed by atoms with van der Waals surface area (Å²) in [4.78, 5) is 69.1. The minimum Gasteiger partial charge on any atom is -0.383 e. The van der Waals surface area contributed by atoms with Gasteiger partial charge in [0.05, 0.1) is 12.4 Å². The van der Waals surface area contributed by atoms with E-state index < -0.39 is 0 Å². The number of nitrogens with zero attached hydrogens (tertiary/aromatic N) is 16. The van der Waals surface area contributed by atoms with Crippen LogP contribution >= 0.6 is 0 Å². The molecule has 0 aromatic carbocycles. The molecule has 0 bridgehead atoms. The van der Waals surface area contributed by atoms with Gasteiger partial charge in [-0.05, 0) is 70.7 Å². The van der Waals surface area contributed by atoms with Crippen molar-refractivity contribution in [3.05, 3.63) is 148 Å². The first kappa shape index (κ1) is 70.6. The van der Waals surface area contributed by atoms with Crippen LogP contribution in [-0.2, 0) is 4.79 Å². The molecular weight excluding hydrogens is 1010 g/mol. The van der Waals surface area contributed by atoms with Crippen molar-refractivity contribution in [1.29, 1.82) is 10.5 Å². The lowest BCUT2D eigenvalue weighted by molar-refractivity contribution is -0.114. The number of nitrogen functional groups attached to an aromatic ring is 1. The molecule has 0 aliphatic carbocycles. The second-order valence-electron chi connectivity index (χ2n) is 21.5. The summed E-state index contributed by atoms with van der Waals surface area (Å²) in [6.45, 7) is 44.0. The van der Waals surface area contributed by atoms with E-state index in [1.165, 1.54) is 13.1 Å². The van der Waals surface area contributed by atoms with E-state index in [1.54, 1.807) is 12.4 Å². The van der Waals surface area contributed by atoms with E-state index >= 15 is 0 Å². The van der Waals surface area contributed by atoms with Crippen molar-refractivity contribution in [3.8, 4) is 12.1 Å². The van der Waals surface area contributed by atoms with Crippen LogP contribution in [0.3, 0.4) is 0 Å². The number of amides is 1. The van der Waals surface area contributed by atoms with Crippen molar-refractivity contribution in [2.45, 2.75) is 200 Å². The molecule has 20 nitrogen and oxygen atoms in total. The Bertz CT molecular complexity index is 2800. The fourth-order valence-electron chi connectivity index (χ4n) is 5.71. The highest BCUT2D eigenvalue weighted by molar-refractivity contribution is 5.88. The van der Waals surface area contributed by atoms with Crippen LogP contribution < -0.4 is 16.4 Å². The molecular formula is C61H89N19O. The fraction of sp³-hybridized carbons (Fsp3) is 0.492. The average molecular weight is 1100 g/mol. The molecule has 0 spiro atoms. The second kappa shape index (κ2) is 36.7. The van der Waals surface area contributed by atoms with E-state index in [1.807, 2.05) is 146 Å². The summed E-state index contributed by atoms with van der Waals surface area (Å²) in [6.07, 6.45) is 19.6. The van der Waals surface area contributed by atoms with Gasteiger partial charge in [0.15, 0.2) is 5.82 Å². The van der Waals surface area contributed by atoms with Gasteiger partial charge in [-0.25, -0.2) is 69.8 Å². The zero-order valence-electron chi connectivity index (χ0n) is 52.1. The van der Waals surface area contributed by atoms with Gasteiger partial charge in [0.2, 0.25) is 5.91 Å². The van der Waals surface area contributed by atoms with E-state index in [9.17, 15) is 4.79 Å².